The summed E-state index contributed by atoms with van der Waals surface area (Å²) >= 11 is 3.44. The highest BCUT2D eigenvalue weighted by Crippen LogP contribution is 2.22. The van der Waals surface area contributed by atoms with Gasteiger partial charge in [-0.05, 0) is 75.6 Å². The second kappa shape index (κ2) is 7.62. The molecule has 1 aliphatic heterocycles. The lowest BCUT2D eigenvalue weighted by molar-refractivity contribution is -0.164. The molecule has 0 N–H and O–H groups in total. The van der Waals surface area contributed by atoms with Crippen molar-refractivity contribution in [2.75, 3.05) is 19.6 Å². The number of halogens is 1. The Bertz CT molecular complexity index is 551. The van der Waals surface area contributed by atoms with E-state index in [1.165, 1.54) is 12.8 Å². The van der Waals surface area contributed by atoms with Gasteiger partial charge in [0.25, 0.3) is 0 Å². The zero-order valence-electron chi connectivity index (χ0n) is 14.3. The minimum atomic E-state index is -0.649. The van der Waals surface area contributed by atoms with Crippen LogP contribution in [0.25, 0.3) is 0 Å². The number of hydrogen-bond donors (Lipinski definition) is 0. The van der Waals surface area contributed by atoms with Gasteiger partial charge in [0.2, 0.25) is 6.10 Å². The van der Waals surface area contributed by atoms with E-state index in [0.29, 0.717) is 12.3 Å². The molecule has 5 nitrogen and oxygen atoms in total. The molecule has 1 unspecified atom stereocenters. The topological polar surface area (TPSA) is 51.7 Å². The quantitative estimate of drug-likeness (QED) is 0.728. The first-order chi connectivity index (χ1) is 10.7. The summed E-state index contributed by atoms with van der Waals surface area (Å²) < 4.78 is 12.3. The van der Waals surface area contributed by atoms with Crippen LogP contribution >= 0.6 is 15.9 Å². The van der Waals surface area contributed by atoms with Crippen LogP contribution in [0.1, 0.15) is 39.3 Å². The number of aromatic nitrogens is 1. The number of carbonyl (C=O) groups is 1. The van der Waals surface area contributed by atoms with Gasteiger partial charge in [-0.1, -0.05) is 0 Å². The number of nitrogens with zero attached hydrogens (tertiary/aromatic N) is 2. The monoisotopic (exact) mass is 384 g/mol. The number of aryl methyl sites for hydroxylation is 1. The van der Waals surface area contributed by atoms with Gasteiger partial charge in [0.15, 0.2) is 0 Å². The lowest BCUT2D eigenvalue weighted by Crippen LogP contribution is -2.43. The minimum Gasteiger partial charge on any atom is -0.476 e. The van der Waals surface area contributed by atoms with E-state index in [1.807, 2.05) is 33.8 Å². The molecule has 2 rings (SSSR count). The van der Waals surface area contributed by atoms with Gasteiger partial charge in [-0.25, -0.2) is 4.79 Å². The van der Waals surface area contributed by atoms with E-state index < -0.39 is 11.7 Å². The maximum Gasteiger partial charge on any atom is 0.349 e. The molecule has 0 amide bonds. The molecule has 1 aromatic heterocycles. The van der Waals surface area contributed by atoms with Gasteiger partial charge in [-0.15, -0.1) is 0 Å². The SMILES string of the molecule is Cc1ncc(OC(CN2CCCC2)C(=O)OC(C)(C)C)cc1Br. The zero-order chi connectivity index (χ0) is 17.0. The molecule has 2 heterocycles. The van der Waals surface area contributed by atoms with Crippen molar-refractivity contribution in [3.8, 4) is 5.75 Å². The first-order valence-corrected chi connectivity index (χ1v) is 8.78. The fourth-order valence-corrected chi connectivity index (χ4v) is 2.77. The number of carbonyl (C=O) groups excluding carboxylic acids is 1. The maximum absolute atomic E-state index is 12.5. The minimum absolute atomic E-state index is 0.332. The van der Waals surface area contributed by atoms with E-state index >= 15 is 0 Å². The normalized spacial score (nSPS) is 17.1. The van der Waals surface area contributed by atoms with Crippen LogP contribution in [0.4, 0.5) is 0 Å². The summed E-state index contributed by atoms with van der Waals surface area (Å²) in [5, 5.41) is 0. The van der Waals surface area contributed by atoms with E-state index in [2.05, 4.69) is 25.8 Å². The maximum atomic E-state index is 12.5. The summed E-state index contributed by atoms with van der Waals surface area (Å²) in [6.07, 6.45) is 3.32. The smallest absolute Gasteiger partial charge is 0.349 e. The molecular weight excluding hydrogens is 360 g/mol. The van der Waals surface area contributed by atoms with Gasteiger partial charge in [0.1, 0.15) is 11.4 Å². The van der Waals surface area contributed by atoms with Crippen molar-refractivity contribution in [1.82, 2.24) is 9.88 Å². The molecule has 1 fully saturated rings. The summed E-state index contributed by atoms with van der Waals surface area (Å²) in [7, 11) is 0. The highest BCUT2D eigenvalue weighted by Gasteiger charge is 2.30. The third kappa shape index (κ3) is 5.77. The van der Waals surface area contributed by atoms with Crippen LogP contribution in [0.3, 0.4) is 0 Å². The van der Waals surface area contributed by atoms with E-state index in [-0.39, 0.29) is 5.97 Å². The molecule has 1 aliphatic rings. The van der Waals surface area contributed by atoms with Gasteiger partial charge >= 0.3 is 5.97 Å². The van der Waals surface area contributed by atoms with Gasteiger partial charge in [0, 0.05) is 11.0 Å². The highest BCUT2D eigenvalue weighted by atomic mass is 79.9. The fourth-order valence-electron chi connectivity index (χ4n) is 2.44. The lowest BCUT2D eigenvalue weighted by atomic mass is 10.2. The van der Waals surface area contributed by atoms with Crippen molar-refractivity contribution >= 4 is 21.9 Å². The van der Waals surface area contributed by atoms with Crippen molar-refractivity contribution in [3.63, 3.8) is 0 Å². The molecule has 0 aliphatic carbocycles. The Labute approximate surface area is 146 Å². The highest BCUT2D eigenvalue weighted by molar-refractivity contribution is 9.10. The average Bonchev–Trinajstić information content (AvgIpc) is 2.93. The molecule has 1 saturated heterocycles. The summed E-state index contributed by atoms with van der Waals surface area (Å²) in [6.45, 7) is 10.0. The zero-order valence-corrected chi connectivity index (χ0v) is 15.9. The number of ether oxygens (including phenoxy) is 2. The molecule has 1 atom stereocenters. The second-order valence-corrected chi connectivity index (χ2v) is 7.74. The molecule has 0 saturated carbocycles. The molecule has 0 spiro atoms. The number of esters is 1. The summed E-state index contributed by atoms with van der Waals surface area (Å²) in [6, 6.07) is 1.84. The molecule has 128 valence electrons. The summed E-state index contributed by atoms with van der Waals surface area (Å²) in [5.74, 6) is 0.235. The van der Waals surface area contributed by atoms with Crippen molar-refractivity contribution in [3.05, 3.63) is 22.4 Å². The van der Waals surface area contributed by atoms with Gasteiger partial charge in [0.05, 0.1) is 11.9 Å². The van der Waals surface area contributed by atoms with Crippen molar-refractivity contribution in [2.45, 2.75) is 52.2 Å². The predicted molar refractivity (Wildman–Crippen MR) is 92.6 cm³/mol. The van der Waals surface area contributed by atoms with Crippen LogP contribution < -0.4 is 4.74 Å². The standard InChI is InChI=1S/C17H25BrN2O3/c1-12-14(18)9-13(10-19-12)22-15(11-20-7-5-6-8-20)16(21)23-17(2,3)4/h9-10,15H,5-8,11H2,1-4H3. The average molecular weight is 385 g/mol. The number of pyridine rings is 1. The van der Waals surface area contributed by atoms with E-state index in [0.717, 1.165) is 23.3 Å². The Morgan fingerprint density at radius 3 is 2.61 bits per heavy atom. The first kappa shape index (κ1) is 18.2. The summed E-state index contributed by atoms with van der Waals surface area (Å²) in [4.78, 5) is 19.0. The summed E-state index contributed by atoms with van der Waals surface area (Å²) in [5.41, 5.74) is 0.348. The van der Waals surface area contributed by atoms with Crippen LogP contribution in [0.2, 0.25) is 0 Å². The van der Waals surface area contributed by atoms with E-state index in [4.69, 9.17) is 9.47 Å². The second-order valence-electron chi connectivity index (χ2n) is 6.89. The number of likely N-dealkylation sites (tertiary alicyclic amines) is 1. The molecule has 6 heteroatoms. The number of hydrogen-bond acceptors (Lipinski definition) is 5. The van der Waals surface area contributed by atoms with Gasteiger partial charge in [-0.3, -0.25) is 9.88 Å². The number of rotatable bonds is 5. The van der Waals surface area contributed by atoms with Crippen LogP contribution in [0.15, 0.2) is 16.7 Å². The lowest BCUT2D eigenvalue weighted by Gasteiger charge is -2.27. The molecule has 0 aromatic carbocycles. The molecule has 1 aromatic rings. The third-order valence-electron chi connectivity index (χ3n) is 3.57. The molecular formula is C17H25BrN2O3. The molecule has 23 heavy (non-hydrogen) atoms. The third-order valence-corrected chi connectivity index (χ3v) is 4.37. The Balaban J connectivity index is 2.10. The largest absolute Gasteiger partial charge is 0.476 e. The Morgan fingerprint density at radius 1 is 1.39 bits per heavy atom. The Kier molecular flexibility index (Phi) is 6.03. The van der Waals surface area contributed by atoms with E-state index in [1.54, 1.807) is 6.20 Å². The Morgan fingerprint density at radius 2 is 2.04 bits per heavy atom. The Hall–Kier alpha value is -1.14. The molecule has 0 bridgehead atoms. The van der Waals surface area contributed by atoms with Crippen LogP contribution in [-0.2, 0) is 9.53 Å². The van der Waals surface area contributed by atoms with Crippen molar-refractivity contribution < 1.29 is 14.3 Å². The van der Waals surface area contributed by atoms with Crippen molar-refractivity contribution in [1.29, 1.82) is 0 Å². The van der Waals surface area contributed by atoms with Crippen LogP contribution in [0, 0.1) is 6.92 Å². The van der Waals surface area contributed by atoms with Crippen molar-refractivity contribution in [2.24, 2.45) is 0 Å². The van der Waals surface area contributed by atoms with Crippen LogP contribution in [0.5, 0.6) is 5.75 Å². The molecule has 0 radical (unpaired) electrons. The van der Waals surface area contributed by atoms with E-state index in [9.17, 15) is 4.79 Å². The van der Waals surface area contributed by atoms with Gasteiger partial charge < -0.3 is 9.47 Å². The first-order valence-electron chi connectivity index (χ1n) is 7.98. The van der Waals surface area contributed by atoms with Crippen LogP contribution in [-0.4, -0.2) is 47.2 Å². The predicted octanol–water partition coefficient (Wildman–Crippen LogP) is 3.34. The van der Waals surface area contributed by atoms with Gasteiger partial charge in [-0.2, -0.15) is 0 Å². The fraction of sp³-hybridized carbons (Fsp3) is 0.647.